The smallest absolute Gasteiger partial charge is 0.411 e. The van der Waals surface area contributed by atoms with Crippen LogP contribution in [0.3, 0.4) is 0 Å². The summed E-state index contributed by atoms with van der Waals surface area (Å²) in [7, 11) is 0. The molecule has 0 radical (unpaired) electrons. The van der Waals surface area contributed by atoms with Crippen LogP contribution in [0.5, 0.6) is 0 Å². The van der Waals surface area contributed by atoms with Crippen molar-refractivity contribution in [2.45, 2.75) is 71.3 Å². The number of ether oxygens (including phenoxy) is 2. The number of benzene rings is 1. The molecule has 3 rings (SSSR count). The third-order valence-electron chi connectivity index (χ3n) is 4.24. The maximum atomic E-state index is 12.8. The number of hydrogen-bond donors (Lipinski definition) is 0. The first-order valence-corrected chi connectivity index (χ1v) is 9.82. The van der Waals surface area contributed by atoms with Crippen LogP contribution < -0.4 is 0 Å². The zero-order chi connectivity index (χ0) is 21.2. The molecule has 8 nitrogen and oxygen atoms in total. The Morgan fingerprint density at radius 2 is 1.59 bits per heavy atom. The molecule has 29 heavy (non-hydrogen) atoms. The highest BCUT2D eigenvalue weighted by Crippen LogP contribution is 2.34. The van der Waals surface area contributed by atoms with Gasteiger partial charge in [-0.2, -0.15) is 0 Å². The van der Waals surface area contributed by atoms with Crippen LogP contribution in [0.2, 0.25) is 0 Å². The van der Waals surface area contributed by atoms with E-state index in [4.69, 9.17) is 9.47 Å². The lowest BCUT2D eigenvalue weighted by Gasteiger charge is -2.28. The predicted molar refractivity (Wildman–Crippen MR) is 108 cm³/mol. The summed E-state index contributed by atoms with van der Waals surface area (Å²) < 4.78 is 11.7. The Hall–Kier alpha value is -2.61. The molecule has 1 aliphatic heterocycles. The third-order valence-corrected chi connectivity index (χ3v) is 4.24. The standard InChI is InChI=1S/C21H29N5O3/c1-20(2,3)28-15-12-16(26(13-15)19(27)29-21(4,5)6)18-24-22-17(23-25-18)14-10-8-7-9-11-14/h7-11,15-16H,12-13H2,1-6H3. The van der Waals surface area contributed by atoms with Crippen LogP contribution in [0.4, 0.5) is 4.79 Å². The molecule has 0 saturated carbocycles. The van der Waals surface area contributed by atoms with Gasteiger partial charge in [-0.3, -0.25) is 4.90 Å². The summed E-state index contributed by atoms with van der Waals surface area (Å²) in [5.74, 6) is 0.828. The summed E-state index contributed by atoms with van der Waals surface area (Å²) in [6.45, 7) is 11.9. The molecule has 0 bridgehead atoms. The number of rotatable bonds is 3. The minimum atomic E-state index is -0.598. The average molecular weight is 399 g/mol. The molecule has 2 atom stereocenters. The molecule has 1 aliphatic rings. The van der Waals surface area contributed by atoms with Gasteiger partial charge in [-0.1, -0.05) is 30.3 Å². The van der Waals surface area contributed by atoms with E-state index in [1.54, 1.807) is 4.90 Å². The van der Waals surface area contributed by atoms with Crippen molar-refractivity contribution in [3.05, 3.63) is 36.2 Å². The van der Waals surface area contributed by atoms with Crippen molar-refractivity contribution in [3.8, 4) is 11.4 Å². The summed E-state index contributed by atoms with van der Waals surface area (Å²) in [6, 6.07) is 9.12. The van der Waals surface area contributed by atoms with E-state index in [0.29, 0.717) is 24.6 Å². The van der Waals surface area contributed by atoms with Crippen LogP contribution in [0.25, 0.3) is 11.4 Å². The van der Waals surface area contributed by atoms with E-state index in [0.717, 1.165) is 5.56 Å². The molecular formula is C21H29N5O3. The van der Waals surface area contributed by atoms with Crippen LogP contribution in [0, 0.1) is 0 Å². The highest BCUT2D eigenvalue weighted by Gasteiger charge is 2.42. The van der Waals surface area contributed by atoms with E-state index in [1.807, 2.05) is 71.9 Å². The SMILES string of the molecule is CC(C)(C)OC(=O)N1CC(OC(C)(C)C)CC1c1nnc(-c2ccccc2)nn1. The van der Waals surface area contributed by atoms with Gasteiger partial charge in [0.25, 0.3) is 0 Å². The first-order valence-electron chi connectivity index (χ1n) is 9.82. The number of nitrogens with zero attached hydrogens (tertiary/aromatic N) is 5. The molecule has 2 aromatic rings. The Morgan fingerprint density at radius 3 is 2.14 bits per heavy atom. The maximum Gasteiger partial charge on any atom is 0.411 e. The lowest BCUT2D eigenvalue weighted by atomic mass is 10.1. The van der Waals surface area contributed by atoms with Gasteiger partial charge in [0.1, 0.15) is 11.6 Å². The van der Waals surface area contributed by atoms with Gasteiger partial charge >= 0.3 is 6.09 Å². The Labute approximate surface area is 171 Å². The van der Waals surface area contributed by atoms with Gasteiger partial charge in [-0.25, -0.2) is 4.79 Å². The van der Waals surface area contributed by atoms with Crippen molar-refractivity contribution in [2.75, 3.05) is 6.54 Å². The van der Waals surface area contributed by atoms with E-state index in [9.17, 15) is 4.79 Å². The Balaban J connectivity index is 1.83. The normalized spacial score (nSPS) is 20.0. The molecule has 8 heteroatoms. The van der Waals surface area contributed by atoms with Crippen molar-refractivity contribution in [1.82, 2.24) is 25.3 Å². The van der Waals surface area contributed by atoms with Gasteiger partial charge in [-0.05, 0) is 41.5 Å². The second-order valence-electron chi connectivity index (χ2n) is 9.18. The van der Waals surface area contributed by atoms with Gasteiger partial charge in [0.2, 0.25) is 5.82 Å². The first-order chi connectivity index (χ1) is 13.5. The maximum absolute atomic E-state index is 12.8. The number of amides is 1. The fourth-order valence-corrected chi connectivity index (χ4v) is 3.22. The molecule has 156 valence electrons. The van der Waals surface area contributed by atoms with Gasteiger partial charge < -0.3 is 9.47 Å². The van der Waals surface area contributed by atoms with Crippen molar-refractivity contribution < 1.29 is 14.3 Å². The molecule has 1 saturated heterocycles. The lowest BCUT2D eigenvalue weighted by molar-refractivity contribution is -0.0550. The fraction of sp³-hybridized carbons (Fsp3) is 0.571. The molecule has 2 unspecified atom stereocenters. The van der Waals surface area contributed by atoms with Gasteiger partial charge in [0.05, 0.1) is 18.2 Å². The molecule has 1 aromatic heterocycles. The van der Waals surface area contributed by atoms with Crippen LogP contribution in [0.1, 0.15) is 59.8 Å². The third kappa shape index (κ3) is 5.69. The quantitative estimate of drug-likeness (QED) is 0.775. The van der Waals surface area contributed by atoms with E-state index in [2.05, 4.69) is 20.4 Å². The molecule has 0 aliphatic carbocycles. The lowest BCUT2D eigenvalue weighted by Crippen LogP contribution is -2.38. The molecule has 2 heterocycles. The zero-order valence-electron chi connectivity index (χ0n) is 17.9. The Kier molecular flexibility index (Phi) is 5.84. The largest absolute Gasteiger partial charge is 0.444 e. The van der Waals surface area contributed by atoms with Crippen molar-refractivity contribution in [3.63, 3.8) is 0 Å². The molecular weight excluding hydrogens is 370 g/mol. The second kappa shape index (κ2) is 8.02. The van der Waals surface area contributed by atoms with Crippen LogP contribution in [0.15, 0.2) is 30.3 Å². The molecule has 1 fully saturated rings. The number of aromatic nitrogens is 4. The summed E-state index contributed by atoms with van der Waals surface area (Å²) in [5, 5.41) is 17.0. The van der Waals surface area contributed by atoms with Crippen LogP contribution in [-0.4, -0.2) is 55.2 Å². The predicted octanol–water partition coefficient (Wildman–Crippen LogP) is 3.80. The van der Waals surface area contributed by atoms with Crippen molar-refractivity contribution >= 4 is 6.09 Å². The fourth-order valence-electron chi connectivity index (χ4n) is 3.22. The summed E-state index contributed by atoms with van der Waals surface area (Å²) in [6.07, 6.45) is -0.00644. The summed E-state index contributed by atoms with van der Waals surface area (Å²) >= 11 is 0. The number of likely N-dealkylation sites (tertiary alicyclic amines) is 1. The monoisotopic (exact) mass is 399 g/mol. The number of hydrogen-bond acceptors (Lipinski definition) is 7. The Bertz CT molecular complexity index is 828. The van der Waals surface area contributed by atoms with E-state index in [1.165, 1.54) is 0 Å². The Morgan fingerprint density at radius 1 is 0.966 bits per heavy atom. The first kappa shape index (κ1) is 21.1. The van der Waals surface area contributed by atoms with E-state index in [-0.39, 0.29) is 11.7 Å². The highest BCUT2D eigenvalue weighted by atomic mass is 16.6. The number of carbonyl (C=O) groups excluding carboxylic acids is 1. The number of carbonyl (C=O) groups is 1. The molecule has 1 aromatic carbocycles. The molecule has 1 amide bonds. The zero-order valence-corrected chi connectivity index (χ0v) is 17.9. The summed E-state index contributed by atoms with van der Waals surface area (Å²) in [4.78, 5) is 14.4. The molecule has 0 N–H and O–H groups in total. The minimum Gasteiger partial charge on any atom is -0.444 e. The summed E-state index contributed by atoms with van der Waals surface area (Å²) in [5.41, 5.74) is -0.0873. The second-order valence-corrected chi connectivity index (χ2v) is 9.18. The van der Waals surface area contributed by atoms with Crippen LogP contribution >= 0.6 is 0 Å². The van der Waals surface area contributed by atoms with Crippen molar-refractivity contribution in [1.29, 1.82) is 0 Å². The van der Waals surface area contributed by atoms with Gasteiger partial charge in [0, 0.05) is 12.0 Å². The van der Waals surface area contributed by atoms with Crippen LogP contribution in [-0.2, 0) is 9.47 Å². The molecule has 0 spiro atoms. The van der Waals surface area contributed by atoms with E-state index < -0.39 is 17.7 Å². The topological polar surface area (TPSA) is 90.3 Å². The minimum absolute atomic E-state index is 0.148. The van der Waals surface area contributed by atoms with Crippen molar-refractivity contribution in [2.24, 2.45) is 0 Å². The van der Waals surface area contributed by atoms with Gasteiger partial charge in [0.15, 0.2) is 5.82 Å². The highest BCUT2D eigenvalue weighted by molar-refractivity contribution is 5.69. The van der Waals surface area contributed by atoms with Gasteiger partial charge in [-0.15, -0.1) is 20.4 Å². The average Bonchev–Trinajstić information content (AvgIpc) is 3.03. The van der Waals surface area contributed by atoms with E-state index >= 15 is 0 Å².